The number of nitrogens with zero attached hydrogens (tertiary/aromatic N) is 1. The lowest BCUT2D eigenvalue weighted by Gasteiger charge is -2.17. The van der Waals surface area contributed by atoms with Gasteiger partial charge in [-0.1, -0.05) is 18.2 Å². The summed E-state index contributed by atoms with van der Waals surface area (Å²) in [6.07, 6.45) is -0.542. The van der Waals surface area contributed by atoms with E-state index in [2.05, 4.69) is 5.32 Å². The molecule has 0 saturated carbocycles. The van der Waals surface area contributed by atoms with E-state index in [-0.39, 0.29) is 18.5 Å². The van der Waals surface area contributed by atoms with Gasteiger partial charge in [-0.25, -0.2) is 4.79 Å². The summed E-state index contributed by atoms with van der Waals surface area (Å²) in [4.78, 5) is 13.4. The number of amides is 1. The van der Waals surface area contributed by atoms with E-state index in [4.69, 9.17) is 4.74 Å². The molecule has 0 aliphatic rings. The Labute approximate surface area is 108 Å². The molecule has 1 rings (SSSR count). The number of benzene rings is 1. The van der Waals surface area contributed by atoms with Crippen LogP contribution in [0.15, 0.2) is 30.3 Å². The highest BCUT2D eigenvalue weighted by molar-refractivity contribution is 5.85. The molecule has 1 aromatic rings. The third kappa shape index (κ3) is 6.81. The molecule has 96 valence electrons. The number of hydrogen-bond acceptors (Lipinski definition) is 3. The van der Waals surface area contributed by atoms with Gasteiger partial charge in [0.2, 0.25) is 0 Å². The Bertz CT molecular complexity index is 331. The Hall–Kier alpha value is -1.26. The maximum absolute atomic E-state index is 11.5. The summed E-state index contributed by atoms with van der Waals surface area (Å²) >= 11 is 0. The van der Waals surface area contributed by atoms with E-state index in [0.717, 1.165) is 5.69 Å². The summed E-state index contributed by atoms with van der Waals surface area (Å²) in [6.45, 7) is 2.58. The van der Waals surface area contributed by atoms with Crippen molar-refractivity contribution in [2.45, 2.75) is 13.0 Å². The van der Waals surface area contributed by atoms with Crippen molar-refractivity contribution in [2.24, 2.45) is 0 Å². The number of anilines is 1. The van der Waals surface area contributed by atoms with Gasteiger partial charge in [-0.05, 0) is 33.2 Å². The number of carbonyl (C=O) groups is 1. The average Bonchev–Trinajstić information content (AvgIpc) is 2.17. The number of likely N-dealkylation sites (N-methyl/N-ethyl adjacent to an activating group) is 1. The van der Waals surface area contributed by atoms with Crippen molar-refractivity contribution in [1.29, 1.82) is 0 Å². The van der Waals surface area contributed by atoms with Gasteiger partial charge in [-0.2, -0.15) is 0 Å². The summed E-state index contributed by atoms with van der Waals surface area (Å²) in [5.41, 5.74) is 0.740. The van der Waals surface area contributed by atoms with Crippen molar-refractivity contribution in [3.05, 3.63) is 30.3 Å². The van der Waals surface area contributed by atoms with E-state index >= 15 is 0 Å². The second-order valence-corrected chi connectivity index (χ2v) is 3.97. The lowest BCUT2D eigenvalue weighted by molar-refractivity contribution is 0.103. The van der Waals surface area contributed by atoms with Gasteiger partial charge in [0.25, 0.3) is 0 Å². The van der Waals surface area contributed by atoms with E-state index in [1.54, 1.807) is 0 Å². The molecule has 1 unspecified atom stereocenters. The van der Waals surface area contributed by atoms with Gasteiger partial charge in [0, 0.05) is 12.2 Å². The normalized spacial score (nSPS) is 11.5. The van der Waals surface area contributed by atoms with Crippen LogP contribution in [0.2, 0.25) is 0 Å². The molecule has 17 heavy (non-hydrogen) atoms. The predicted octanol–water partition coefficient (Wildman–Crippen LogP) is 2.61. The first-order valence-electron chi connectivity index (χ1n) is 5.25. The van der Waals surface area contributed by atoms with Crippen molar-refractivity contribution in [2.75, 3.05) is 26.0 Å². The minimum Gasteiger partial charge on any atom is -0.445 e. The van der Waals surface area contributed by atoms with Crippen LogP contribution in [-0.2, 0) is 4.74 Å². The molecular formula is C12H19ClN2O2. The van der Waals surface area contributed by atoms with Crippen molar-refractivity contribution in [1.82, 2.24) is 4.90 Å². The van der Waals surface area contributed by atoms with Crippen molar-refractivity contribution in [3.8, 4) is 0 Å². The van der Waals surface area contributed by atoms with Crippen LogP contribution in [0.25, 0.3) is 0 Å². The lowest BCUT2D eigenvalue weighted by Crippen LogP contribution is -2.29. The fraction of sp³-hybridized carbons (Fsp3) is 0.417. The second kappa shape index (κ2) is 7.92. The third-order valence-corrected chi connectivity index (χ3v) is 1.95. The SMILES string of the molecule is CC(CN(C)C)OC(=O)Nc1ccccc1.Cl. The van der Waals surface area contributed by atoms with E-state index < -0.39 is 6.09 Å². The molecule has 0 heterocycles. The summed E-state index contributed by atoms with van der Waals surface area (Å²) in [5.74, 6) is 0. The van der Waals surface area contributed by atoms with E-state index in [1.807, 2.05) is 56.3 Å². The van der Waals surface area contributed by atoms with E-state index in [9.17, 15) is 4.79 Å². The quantitative estimate of drug-likeness (QED) is 0.903. The molecule has 0 radical (unpaired) electrons. The number of halogens is 1. The first-order valence-corrected chi connectivity index (χ1v) is 5.25. The van der Waals surface area contributed by atoms with Crippen LogP contribution in [0.3, 0.4) is 0 Å². The number of ether oxygens (including phenoxy) is 1. The van der Waals surface area contributed by atoms with Crippen LogP contribution >= 0.6 is 12.4 Å². The molecule has 5 heteroatoms. The third-order valence-electron chi connectivity index (χ3n) is 1.95. The van der Waals surface area contributed by atoms with Crippen molar-refractivity contribution >= 4 is 24.2 Å². The molecule has 0 aliphatic carbocycles. The zero-order chi connectivity index (χ0) is 12.0. The zero-order valence-electron chi connectivity index (χ0n) is 10.3. The summed E-state index contributed by atoms with van der Waals surface area (Å²) in [5, 5.41) is 2.67. The number of para-hydroxylation sites is 1. The van der Waals surface area contributed by atoms with Gasteiger partial charge in [0.1, 0.15) is 6.10 Å². The Morgan fingerprint density at radius 1 is 1.35 bits per heavy atom. The predicted molar refractivity (Wildman–Crippen MR) is 71.8 cm³/mol. The topological polar surface area (TPSA) is 41.6 Å². The van der Waals surface area contributed by atoms with Gasteiger partial charge < -0.3 is 9.64 Å². The summed E-state index contributed by atoms with van der Waals surface area (Å²) in [7, 11) is 3.88. The molecule has 1 N–H and O–H groups in total. The molecular weight excluding hydrogens is 240 g/mol. The highest BCUT2D eigenvalue weighted by Gasteiger charge is 2.09. The molecule has 0 fully saturated rings. The number of nitrogens with one attached hydrogen (secondary N) is 1. The number of hydrogen-bond donors (Lipinski definition) is 1. The van der Waals surface area contributed by atoms with Gasteiger partial charge in [-0.15, -0.1) is 12.4 Å². The van der Waals surface area contributed by atoms with Crippen molar-refractivity contribution in [3.63, 3.8) is 0 Å². The van der Waals surface area contributed by atoms with Crippen LogP contribution < -0.4 is 5.32 Å². The molecule has 1 amide bonds. The van der Waals surface area contributed by atoms with Crippen LogP contribution in [0, 0.1) is 0 Å². The average molecular weight is 259 g/mol. The maximum atomic E-state index is 11.5. The Morgan fingerprint density at radius 3 is 2.47 bits per heavy atom. The fourth-order valence-electron chi connectivity index (χ4n) is 1.40. The Balaban J connectivity index is 0.00000256. The molecule has 0 spiro atoms. The molecule has 4 nitrogen and oxygen atoms in total. The van der Waals surface area contributed by atoms with Gasteiger partial charge in [-0.3, -0.25) is 5.32 Å². The molecule has 0 aliphatic heterocycles. The zero-order valence-corrected chi connectivity index (χ0v) is 11.2. The first-order chi connectivity index (χ1) is 7.58. The largest absolute Gasteiger partial charge is 0.445 e. The van der Waals surface area contributed by atoms with Crippen molar-refractivity contribution < 1.29 is 9.53 Å². The van der Waals surface area contributed by atoms with E-state index in [0.29, 0.717) is 6.54 Å². The van der Waals surface area contributed by atoms with Gasteiger partial charge in [0.15, 0.2) is 0 Å². The number of rotatable bonds is 4. The smallest absolute Gasteiger partial charge is 0.411 e. The van der Waals surface area contributed by atoms with Crippen LogP contribution in [0.5, 0.6) is 0 Å². The minimum absolute atomic E-state index is 0. The highest BCUT2D eigenvalue weighted by atomic mass is 35.5. The summed E-state index contributed by atoms with van der Waals surface area (Å²) in [6, 6.07) is 9.25. The highest BCUT2D eigenvalue weighted by Crippen LogP contribution is 2.06. The standard InChI is InChI=1S/C12H18N2O2.ClH/c1-10(9-14(2)3)16-12(15)13-11-7-5-4-6-8-11;/h4-8,10H,9H2,1-3H3,(H,13,15);1H. The molecule has 1 atom stereocenters. The summed E-state index contributed by atoms with van der Waals surface area (Å²) < 4.78 is 5.17. The van der Waals surface area contributed by atoms with E-state index in [1.165, 1.54) is 0 Å². The fourth-order valence-corrected chi connectivity index (χ4v) is 1.40. The van der Waals surface area contributed by atoms with Crippen LogP contribution in [0.4, 0.5) is 10.5 Å². The maximum Gasteiger partial charge on any atom is 0.411 e. The van der Waals surface area contributed by atoms with Crippen LogP contribution in [0.1, 0.15) is 6.92 Å². The number of carbonyl (C=O) groups excluding carboxylic acids is 1. The molecule has 0 bridgehead atoms. The molecule has 0 saturated heterocycles. The minimum atomic E-state index is -0.416. The second-order valence-electron chi connectivity index (χ2n) is 3.97. The van der Waals surface area contributed by atoms with Gasteiger partial charge in [0.05, 0.1) is 0 Å². The monoisotopic (exact) mass is 258 g/mol. The first kappa shape index (κ1) is 15.7. The molecule has 1 aromatic carbocycles. The Morgan fingerprint density at radius 2 is 1.94 bits per heavy atom. The lowest BCUT2D eigenvalue weighted by atomic mass is 10.3. The van der Waals surface area contributed by atoms with Crippen LogP contribution in [-0.4, -0.2) is 37.7 Å². The Kier molecular flexibility index (Phi) is 7.34. The van der Waals surface area contributed by atoms with Gasteiger partial charge >= 0.3 is 6.09 Å². The molecule has 0 aromatic heterocycles.